The van der Waals surface area contributed by atoms with Crippen molar-refractivity contribution in [2.45, 2.75) is 13.8 Å². The van der Waals surface area contributed by atoms with E-state index < -0.39 is 0 Å². The van der Waals surface area contributed by atoms with Gasteiger partial charge in [0.05, 0.1) is 0 Å². The summed E-state index contributed by atoms with van der Waals surface area (Å²) in [6, 6.07) is 26.7. The second-order valence-electron chi connectivity index (χ2n) is 6.34. The maximum atomic E-state index is 4.51. The number of hydrogen-bond acceptors (Lipinski definition) is 2. The molecule has 4 rings (SSSR count). The van der Waals surface area contributed by atoms with Crippen molar-refractivity contribution in [2.75, 3.05) is 0 Å². The van der Waals surface area contributed by atoms with Crippen molar-refractivity contribution in [1.82, 2.24) is 14.8 Å². The lowest BCUT2D eigenvalue weighted by atomic mass is 10.1. The van der Waals surface area contributed by atoms with E-state index in [0.717, 1.165) is 34.0 Å². The largest absolute Gasteiger partial charge is 0.275 e. The summed E-state index contributed by atoms with van der Waals surface area (Å²) in [5.74, 6) is 7.64. The number of rotatable bonds is 3. The molecule has 0 saturated heterocycles. The Bertz CT molecular complexity index is 1110. The number of para-hydroxylation sites is 1. The summed E-state index contributed by atoms with van der Waals surface area (Å²) >= 11 is 0. The Balaban J connectivity index is 1.89. The van der Waals surface area contributed by atoms with Crippen LogP contribution in [0.2, 0.25) is 0 Å². The zero-order chi connectivity index (χ0) is 18.6. The fourth-order valence-corrected chi connectivity index (χ4v) is 3.03. The third-order valence-electron chi connectivity index (χ3n) is 4.40. The second kappa shape index (κ2) is 7.31. The van der Waals surface area contributed by atoms with Crippen LogP contribution in [0.5, 0.6) is 0 Å². The van der Waals surface area contributed by atoms with Gasteiger partial charge >= 0.3 is 0 Å². The molecule has 3 aromatic carbocycles. The summed E-state index contributed by atoms with van der Waals surface area (Å²) in [5.41, 5.74) is 5.29. The van der Waals surface area contributed by atoms with Gasteiger partial charge in [-0.05, 0) is 50.2 Å². The van der Waals surface area contributed by atoms with Gasteiger partial charge < -0.3 is 0 Å². The van der Waals surface area contributed by atoms with Crippen molar-refractivity contribution < 1.29 is 0 Å². The topological polar surface area (TPSA) is 30.7 Å². The second-order valence-corrected chi connectivity index (χ2v) is 6.34. The van der Waals surface area contributed by atoms with Crippen molar-refractivity contribution in [2.24, 2.45) is 0 Å². The Morgan fingerprint density at radius 1 is 0.704 bits per heavy atom. The van der Waals surface area contributed by atoms with E-state index in [1.165, 1.54) is 5.56 Å². The number of aryl methyl sites for hydroxylation is 1. The third kappa shape index (κ3) is 3.38. The average Bonchev–Trinajstić information content (AvgIpc) is 3.15. The molecule has 0 unspecified atom stereocenters. The third-order valence-corrected chi connectivity index (χ3v) is 4.40. The highest BCUT2D eigenvalue weighted by Crippen LogP contribution is 2.28. The van der Waals surface area contributed by atoms with E-state index in [9.17, 15) is 0 Å². The van der Waals surface area contributed by atoms with Gasteiger partial charge in [-0.3, -0.25) is 4.57 Å². The molecule has 1 aromatic heterocycles. The van der Waals surface area contributed by atoms with Crippen LogP contribution in [0.25, 0.3) is 28.5 Å². The molecule has 4 aromatic rings. The fourth-order valence-electron chi connectivity index (χ4n) is 3.03. The van der Waals surface area contributed by atoms with Crippen LogP contribution in [0.1, 0.15) is 18.1 Å². The highest BCUT2D eigenvalue weighted by atomic mass is 15.3. The molecular weight excluding hydrogens is 330 g/mol. The fraction of sp³-hybridized carbons (Fsp3) is 0.0833. The number of benzene rings is 3. The van der Waals surface area contributed by atoms with Gasteiger partial charge in [-0.1, -0.05) is 53.9 Å². The first-order valence-electron chi connectivity index (χ1n) is 8.87. The number of aromatic nitrogens is 3. The van der Waals surface area contributed by atoms with Crippen LogP contribution in [-0.4, -0.2) is 14.8 Å². The molecule has 27 heavy (non-hydrogen) atoms. The first-order valence-corrected chi connectivity index (χ1v) is 8.87. The van der Waals surface area contributed by atoms with Gasteiger partial charge in [0.15, 0.2) is 11.6 Å². The molecule has 0 amide bonds. The molecule has 3 heteroatoms. The molecule has 1 heterocycles. The Kier molecular flexibility index (Phi) is 4.55. The monoisotopic (exact) mass is 349 g/mol. The van der Waals surface area contributed by atoms with E-state index in [4.69, 9.17) is 0 Å². The molecule has 0 radical (unpaired) electrons. The van der Waals surface area contributed by atoms with Crippen molar-refractivity contribution in [3.05, 3.63) is 90.0 Å². The van der Waals surface area contributed by atoms with Crippen LogP contribution in [0, 0.1) is 18.8 Å². The molecule has 130 valence electrons. The molecule has 0 aliphatic heterocycles. The van der Waals surface area contributed by atoms with Crippen LogP contribution in [0.4, 0.5) is 0 Å². The smallest absolute Gasteiger partial charge is 0.168 e. The summed E-state index contributed by atoms with van der Waals surface area (Å²) in [6.45, 7) is 3.92. The lowest BCUT2D eigenvalue weighted by Gasteiger charge is -2.11. The van der Waals surface area contributed by atoms with Crippen molar-refractivity contribution in [3.8, 4) is 40.3 Å². The van der Waals surface area contributed by atoms with Crippen LogP contribution in [-0.2, 0) is 0 Å². The number of nitrogens with zero attached hydrogens (tertiary/aromatic N) is 3. The molecule has 0 N–H and O–H groups in total. The quantitative estimate of drug-likeness (QED) is 0.471. The molecule has 0 spiro atoms. The van der Waals surface area contributed by atoms with Gasteiger partial charge in [0.2, 0.25) is 0 Å². The summed E-state index contributed by atoms with van der Waals surface area (Å²) in [5, 5.41) is 9.03. The first-order chi connectivity index (χ1) is 13.3. The van der Waals surface area contributed by atoms with Crippen LogP contribution >= 0.6 is 0 Å². The molecule has 0 aliphatic rings. The highest BCUT2D eigenvalue weighted by molar-refractivity contribution is 5.67. The molecule has 0 fully saturated rings. The lowest BCUT2D eigenvalue weighted by Crippen LogP contribution is -2.00. The van der Waals surface area contributed by atoms with E-state index in [2.05, 4.69) is 69.9 Å². The summed E-state index contributed by atoms with van der Waals surface area (Å²) in [7, 11) is 0. The van der Waals surface area contributed by atoms with Gasteiger partial charge in [-0.15, -0.1) is 16.1 Å². The normalized spacial score (nSPS) is 10.3. The summed E-state index contributed by atoms with van der Waals surface area (Å²) < 4.78 is 2.10. The Morgan fingerprint density at radius 3 is 1.81 bits per heavy atom. The average molecular weight is 349 g/mol. The molecule has 0 aliphatic carbocycles. The van der Waals surface area contributed by atoms with Gasteiger partial charge in [0, 0.05) is 22.4 Å². The first kappa shape index (κ1) is 16.8. The minimum absolute atomic E-state index is 0.813. The van der Waals surface area contributed by atoms with Crippen LogP contribution < -0.4 is 0 Å². The Morgan fingerprint density at radius 2 is 1.26 bits per heavy atom. The zero-order valence-corrected chi connectivity index (χ0v) is 15.3. The van der Waals surface area contributed by atoms with E-state index in [0.29, 0.717) is 0 Å². The Labute approximate surface area is 159 Å². The van der Waals surface area contributed by atoms with E-state index in [-0.39, 0.29) is 0 Å². The summed E-state index contributed by atoms with van der Waals surface area (Å²) in [6.07, 6.45) is 0. The van der Waals surface area contributed by atoms with Crippen molar-refractivity contribution in [3.63, 3.8) is 0 Å². The van der Waals surface area contributed by atoms with E-state index >= 15 is 0 Å². The minimum atomic E-state index is 0.813. The number of hydrogen-bond donors (Lipinski definition) is 0. The predicted molar refractivity (Wildman–Crippen MR) is 110 cm³/mol. The highest BCUT2D eigenvalue weighted by Gasteiger charge is 2.16. The Hall–Kier alpha value is -3.64. The van der Waals surface area contributed by atoms with Crippen LogP contribution in [0.15, 0.2) is 78.9 Å². The summed E-state index contributed by atoms with van der Waals surface area (Å²) in [4.78, 5) is 0. The zero-order valence-electron chi connectivity index (χ0n) is 15.3. The van der Waals surface area contributed by atoms with E-state index in [1.807, 2.05) is 49.4 Å². The van der Waals surface area contributed by atoms with E-state index in [1.54, 1.807) is 0 Å². The molecule has 0 atom stereocenters. The van der Waals surface area contributed by atoms with Gasteiger partial charge in [0.1, 0.15) is 0 Å². The predicted octanol–water partition coefficient (Wildman–Crippen LogP) is 5.28. The molecule has 3 nitrogen and oxygen atoms in total. The SMILES string of the molecule is CC#Cc1ccc(-c2nnc(-c3ccc(C)cc3)n2-c2ccccc2)cc1. The molecule has 0 saturated carbocycles. The molecule has 0 bridgehead atoms. The van der Waals surface area contributed by atoms with Gasteiger partial charge in [0.25, 0.3) is 0 Å². The van der Waals surface area contributed by atoms with Gasteiger partial charge in [-0.2, -0.15) is 0 Å². The minimum Gasteiger partial charge on any atom is -0.275 e. The van der Waals surface area contributed by atoms with Crippen molar-refractivity contribution in [1.29, 1.82) is 0 Å². The maximum Gasteiger partial charge on any atom is 0.168 e. The standard InChI is InChI=1S/C24H19N3/c1-3-7-19-12-16-21(17-13-19)24-26-25-23(20-14-10-18(2)11-15-20)27(24)22-8-5-4-6-9-22/h4-6,8-17H,1-2H3. The molecular formula is C24H19N3. The van der Waals surface area contributed by atoms with Crippen LogP contribution in [0.3, 0.4) is 0 Å². The van der Waals surface area contributed by atoms with Crippen molar-refractivity contribution >= 4 is 0 Å². The van der Waals surface area contributed by atoms with Gasteiger partial charge in [-0.25, -0.2) is 0 Å². The lowest BCUT2D eigenvalue weighted by molar-refractivity contribution is 1.07. The maximum absolute atomic E-state index is 4.51.